The van der Waals surface area contributed by atoms with Crippen molar-refractivity contribution >= 4 is 5.91 Å². The van der Waals surface area contributed by atoms with E-state index in [-0.39, 0.29) is 5.91 Å². The van der Waals surface area contributed by atoms with Crippen LogP contribution in [0.3, 0.4) is 0 Å². The van der Waals surface area contributed by atoms with Crippen LogP contribution in [0.2, 0.25) is 0 Å². The number of carbonyl (C=O) groups is 1. The van der Waals surface area contributed by atoms with Crippen molar-refractivity contribution in [1.29, 1.82) is 0 Å². The number of amides is 1. The highest BCUT2D eigenvalue weighted by atomic mass is 16.5. The van der Waals surface area contributed by atoms with Crippen LogP contribution in [-0.4, -0.2) is 56.0 Å². The lowest BCUT2D eigenvalue weighted by molar-refractivity contribution is 0.0656. The zero-order valence-electron chi connectivity index (χ0n) is 12.8. The molecule has 0 aromatic heterocycles. The number of ether oxygens (including phenoxy) is 1. The number of carbonyl (C=O) groups excluding carboxylic acids is 1. The first-order valence-corrected chi connectivity index (χ1v) is 7.13. The molecule has 0 bridgehead atoms. The molecule has 1 aromatic rings. The minimum absolute atomic E-state index is 0.0522. The molecule has 1 heterocycles. The van der Waals surface area contributed by atoms with E-state index in [0.717, 1.165) is 31.5 Å². The van der Waals surface area contributed by atoms with Gasteiger partial charge in [-0.25, -0.2) is 0 Å². The SMILES string of the molecule is COc1cc(C)ccc1C(=O)N(C)C1CCN(C)CC1. The molecule has 0 atom stereocenters. The first kappa shape index (κ1) is 14.9. The monoisotopic (exact) mass is 276 g/mol. The third-order valence-corrected chi connectivity index (χ3v) is 4.14. The lowest BCUT2D eigenvalue weighted by atomic mass is 10.0. The van der Waals surface area contributed by atoms with Gasteiger partial charge in [0, 0.05) is 13.1 Å². The van der Waals surface area contributed by atoms with Gasteiger partial charge in [0.05, 0.1) is 12.7 Å². The number of benzene rings is 1. The number of hydrogen-bond acceptors (Lipinski definition) is 3. The molecule has 4 heteroatoms. The van der Waals surface area contributed by atoms with Crippen molar-refractivity contribution in [3.63, 3.8) is 0 Å². The molecule has 1 aromatic carbocycles. The van der Waals surface area contributed by atoms with Gasteiger partial charge in [0.15, 0.2) is 0 Å². The number of methoxy groups -OCH3 is 1. The Labute approximate surface area is 121 Å². The summed E-state index contributed by atoms with van der Waals surface area (Å²) in [5.74, 6) is 0.714. The Morgan fingerprint density at radius 2 is 2.00 bits per heavy atom. The van der Waals surface area contributed by atoms with Crippen LogP contribution in [-0.2, 0) is 0 Å². The van der Waals surface area contributed by atoms with Crippen LogP contribution in [0, 0.1) is 6.92 Å². The highest BCUT2D eigenvalue weighted by Crippen LogP contribution is 2.23. The van der Waals surface area contributed by atoms with E-state index >= 15 is 0 Å². The molecule has 0 spiro atoms. The van der Waals surface area contributed by atoms with Gasteiger partial charge in [-0.15, -0.1) is 0 Å². The largest absolute Gasteiger partial charge is 0.496 e. The van der Waals surface area contributed by atoms with E-state index in [1.165, 1.54) is 0 Å². The highest BCUT2D eigenvalue weighted by molar-refractivity contribution is 5.97. The second-order valence-corrected chi connectivity index (χ2v) is 5.65. The van der Waals surface area contributed by atoms with E-state index in [4.69, 9.17) is 4.74 Å². The van der Waals surface area contributed by atoms with Crippen molar-refractivity contribution in [3.8, 4) is 5.75 Å². The van der Waals surface area contributed by atoms with E-state index < -0.39 is 0 Å². The highest BCUT2D eigenvalue weighted by Gasteiger charge is 2.26. The van der Waals surface area contributed by atoms with E-state index in [1.807, 2.05) is 37.1 Å². The maximum Gasteiger partial charge on any atom is 0.257 e. The molecule has 1 amide bonds. The lowest BCUT2D eigenvalue weighted by Crippen LogP contribution is -2.44. The summed E-state index contributed by atoms with van der Waals surface area (Å²) < 4.78 is 5.35. The van der Waals surface area contributed by atoms with Crippen molar-refractivity contribution in [2.75, 3.05) is 34.3 Å². The maximum atomic E-state index is 12.6. The van der Waals surface area contributed by atoms with Gasteiger partial charge in [-0.3, -0.25) is 4.79 Å². The Morgan fingerprint density at radius 3 is 2.60 bits per heavy atom. The average Bonchev–Trinajstić information content (AvgIpc) is 2.46. The molecule has 1 aliphatic heterocycles. The summed E-state index contributed by atoms with van der Waals surface area (Å²) in [7, 11) is 5.64. The second-order valence-electron chi connectivity index (χ2n) is 5.65. The van der Waals surface area contributed by atoms with Crippen LogP contribution in [0.5, 0.6) is 5.75 Å². The summed E-state index contributed by atoms with van der Waals surface area (Å²) in [5.41, 5.74) is 1.75. The molecular formula is C16H24N2O2. The van der Waals surface area contributed by atoms with Crippen LogP contribution < -0.4 is 4.74 Å². The molecule has 2 rings (SSSR count). The predicted molar refractivity (Wildman–Crippen MR) is 80.3 cm³/mol. The quantitative estimate of drug-likeness (QED) is 0.848. The molecule has 0 saturated carbocycles. The summed E-state index contributed by atoms with van der Waals surface area (Å²) in [6.45, 7) is 4.10. The molecule has 1 fully saturated rings. The Bertz CT molecular complexity index is 479. The van der Waals surface area contributed by atoms with Gasteiger partial charge in [-0.05, 0) is 57.6 Å². The van der Waals surface area contributed by atoms with Gasteiger partial charge in [-0.1, -0.05) is 6.07 Å². The third-order valence-electron chi connectivity index (χ3n) is 4.14. The Balaban J connectivity index is 2.14. The number of rotatable bonds is 3. The van der Waals surface area contributed by atoms with E-state index in [0.29, 0.717) is 17.4 Å². The van der Waals surface area contributed by atoms with E-state index in [1.54, 1.807) is 7.11 Å². The minimum atomic E-state index is 0.0522. The van der Waals surface area contributed by atoms with Crippen molar-refractivity contribution in [2.24, 2.45) is 0 Å². The Kier molecular flexibility index (Phi) is 4.65. The van der Waals surface area contributed by atoms with Crippen LogP contribution in [0.15, 0.2) is 18.2 Å². The maximum absolute atomic E-state index is 12.6. The van der Waals surface area contributed by atoms with Gasteiger partial charge in [-0.2, -0.15) is 0 Å². The molecule has 4 nitrogen and oxygen atoms in total. The standard InChI is InChI=1S/C16H24N2O2/c1-12-5-6-14(15(11-12)20-4)16(19)18(3)13-7-9-17(2)10-8-13/h5-6,11,13H,7-10H2,1-4H3. The molecule has 20 heavy (non-hydrogen) atoms. The lowest BCUT2D eigenvalue weighted by Gasteiger charge is -2.35. The summed E-state index contributed by atoms with van der Waals surface area (Å²) in [6.07, 6.45) is 2.07. The van der Waals surface area contributed by atoms with Crippen molar-refractivity contribution in [3.05, 3.63) is 29.3 Å². The topological polar surface area (TPSA) is 32.8 Å². The second kappa shape index (κ2) is 6.27. The van der Waals surface area contributed by atoms with E-state index in [2.05, 4.69) is 11.9 Å². The first-order chi connectivity index (χ1) is 9.52. The summed E-state index contributed by atoms with van der Waals surface area (Å²) in [6, 6.07) is 6.06. The van der Waals surface area contributed by atoms with Gasteiger partial charge >= 0.3 is 0 Å². The molecule has 0 N–H and O–H groups in total. The number of likely N-dealkylation sites (tertiary alicyclic amines) is 1. The molecule has 0 radical (unpaired) electrons. The fraction of sp³-hybridized carbons (Fsp3) is 0.562. The van der Waals surface area contributed by atoms with Crippen LogP contribution in [0.1, 0.15) is 28.8 Å². The molecule has 1 aliphatic rings. The van der Waals surface area contributed by atoms with E-state index in [9.17, 15) is 4.79 Å². The molecular weight excluding hydrogens is 252 g/mol. The van der Waals surface area contributed by atoms with Gasteiger partial charge in [0.25, 0.3) is 5.91 Å². The first-order valence-electron chi connectivity index (χ1n) is 7.13. The van der Waals surface area contributed by atoms with Crippen molar-refractivity contribution in [2.45, 2.75) is 25.8 Å². The Hall–Kier alpha value is -1.55. The molecule has 0 unspecified atom stereocenters. The number of hydrogen-bond donors (Lipinski definition) is 0. The normalized spacial score (nSPS) is 17.0. The zero-order chi connectivity index (χ0) is 14.7. The number of piperidine rings is 1. The minimum Gasteiger partial charge on any atom is -0.496 e. The van der Waals surface area contributed by atoms with Gasteiger partial charge in [0.1, 0.15) is 5.75 Å². The fourth-order valence-corrected chi connectivity index (χ4v) is 2.71. The number of nitrogens with zero attached hydrogens (tertiary/aromatic N) is 2. The smallest absolute Gasteiger partial charge is 0.257 e. The van der Waals surface area contributed by atoms with Gasteiger partial charge < -0.3 is 14.5 Å². The predicted octanol–water partition coefficient (Wildman–Crippen LogP) is 2.17. The van der Waals surface area contributed by atoms with Crippen molar-refractivity contribution < 1.29 is 9.53 Å². The molecule has 1 saturated heterocycles. The fourth-order valence-electron chi connectivity index (χ4n) is 2.71. The summed E-state index contributed by atoms with van der Waals surface area (Å²) >= 11 is 0. The number of aryl methyl sites for hydroxylation is 1. The summed E-state index contributed by atoms with van der Waals surface area (Å²) in [5, 5.41) is 0. The third kappa shape index (κ3) is 3.12. The van der Waals surface area contributed by atoms with Crippen LogP contribution in [0.25, 0.3) is 0 Å². The van der Waals surface area contributed by atoms with Gasteiger partial charge in [0.2, 0.25) is 0 Å². The van der Waals surface area contributed by atoms with Crippen molar-refractivity contribution in [1.82, 2.24) is 9.80 Å². The summed E-state index contributed by atoms with van der Waals surface area (Å²) in [4.78, 5) is 16.8. The van der Waals surface area contributed by atoms with Crippen LogP contribution in [0.4, 0.5) is 0 Å². The zero-order valence-corrected chi connectivity index (χ0v) is 12.8. The molecule has 0 aliphatic carbocycles. The average molecular weight is 276 g/mol. The van der Waals surface area contributed by atoms with Crippen LogP contribution >= 0.6 is 0 Å². The Morgan fingerprint density at radius 1 is 1.35 bits per heavy atom. The molecule has 110 valence electrons.